The minimum Gasteiger partial charge on any atom is -0.495 e. The van der Waals surface area contributed by atoms with Crippen molar-refractivity contribution in [2.24, 2.45) is 0 Å². The Kier molecular flexibility index (Phi) is 6.61. The second-order valence-electron chi connectivity index (χ2n) is 4.20. The van der Waals surface area contributed by atoms with Crippen molar-refractivity contribution in [2.75, 3.05) is 39.2 Å². The number of halogens is 1. The van der Waals surface area contributed by atoms with Gasteiger partial charge in [0.15, 0.2) is 0 Å². The molecule has 0 heterocycles. The zero-order valence-corrected chi connectivity index (χ0v) is 13.1. The molecular formula is C14H21ClN2O3. The van der Waals surface area contributed by atoms with E-state index in [1.165, 1.54) is 14.2 Å². The summed E-state index contributed by atoms with van der Waals surface area (Å²) < 4.78 is 10.4. The summed E-state index contributed by atoms with van der Waals surface area (Å²) in [6, 6.07) is 3.27. The number of methoxy groups -OCH3 is 2. The number of benzene rings is 1. The van der Waals surface area contributed by atoms with Crippen LogP contribution in [0.15, 0.2) is 12.1 Å². The van der Waals surface area contributed by atoms with Crippen LogP contribution in [0.25, 0.3) is 0 Å². The number of carbonyl (C=O) groups excluding carboxylic acids is 1. The summed E-state index contributed by atoms with van der Waals surface area (Å²) in [5.74, 6) is 0.894. The molecule has 0 aliphatic rings. The van der Waals surface area contributed by atoms with Crippen LogP contribution in [0.1, 0.15) is 13.8 Å². The minimum atomic E-state index is -0.101. The topological polar surface area (TPSA) is 50.8 Å². The van der Waals surface area contributed by atoms with Crippen molar-refractivity contribution in [1.82, 2.24) is 4.90 Å². The summed E-state index contributed by atoms with van der Waals surface area (Å²) >= 11 is 6.02. The molecule has 0 radical (unpaired) electrons. The van der Waals surface area contributed by atoms with Crippen molar-refractivity contribution in [3.63, 3.8) is 0 Å². The van der Waals surface area contributed by atoms with Crippen LogP contribution >= 0.6 is 11.6 Å². The van der Waals surface area contributed by atoms with Crippen LogP contribution in [0.3, 0.4) is 0 Å². The van der Waals surface area contributed by atoms with Gasteiger partial charge in [-0.15, -0.1) is 0 Å². The maximum Gasteiger partial charge on any atom is 0.238 e. The number of rotatable bonds is 7. The molecule has 6 heteroatoms. The minimum absolute atomic E-state index is 0.101. The first-order chi connectivity index (χ1) is 9.55. The Labute approximate surface area is 124 Å². The molecule has 1 N–H and O–H groups in total. The molecule has 0 aliphatic carbocycles. The maximum atomic E-state index is 12.0. The van der Waals surface area contributed by atoms with Crippen LogP contribution in [0.4, 0.5) is 5.69 Å². The average molecular weight is 301 g/mol. The standard InChI is InChI=1S/C14H21ClN2O3/c1-5-17(6-2)9-14(18)16-11-8-12(19-3)10(15)7-13(11)20-4/h7-8H,5-6,9H2,1-4H3,(H,16,18). The van der Waals surface area contributed by atoms with E-state index < -0.39 is 0 Å². The maximum absolute atomic E-state index is 12.0. The van der Waals surface area contributed by atoms with Gasteiger partial charge in [-0.3, -0.25) is 9.69 Å². The fourth-order valence-corrected chi connectivity index (χ4v) is 2.03. The molecule has 5 nitrogen and oxygen atoms in total. The molecule has 1 amide bonds. The van der Waals surface area contributed by atoms with Crippen molar-refractivity contribution in [2.45, 2.75) is 13.8 Å². The Hall–Kier alpha value is -1.46. The molecule has 0 saturated heterocycles. The van der Waals surface area contributed by atoms with E-state index in [0.717, 1.165) is 13.1 Å². The molecule has 20 heavy (non-hydrogen) atoms. The van der Waals surface area contributed by atoms with E-state index in [2.05, 4.69) is 5.32 Å². The Balaban J connectivity index is 2.87. The zero-order valence-electron chi connectivity index (χ0n) is 12.3. The van der Waals surface area contributed by atoms with Crippen LogP contribution in [-0.4, -0.2) is 44.7 Å². The van der Waals surface area contributed by atoms with Crippen molar-refractivity contribution in [1.29, 1.82) is 0 Å². The molecule has 1 aromatic carbocycles. The van der Waals surface area contributed by atoms with Gasteiger partial charge in [0.2, 0.25) is 5.91 Å². The summed E-state index contributed by atoms with van der Waals surface area (Å²) in [6.45, 7) is 6.02. The lowest BCUT2D eigenvalue weighted by atomic mass is 10.2. The number of nitrogens with one attached hydrogen (secondary N) is 1. The van der Waals surface area contributed by atoms with Crippen molar-refractivity contribution in [3.05, 3.63) is 17.2 Å². The van der Waals surface area contributed by atoms with Gasteiger partial charge in [0, 0.05) is 12.1 Å². The molecule has 0 atom stereocenters. The molecule has 0 aromatic heterocycles. The lowest BCUT2D eigenvalue weighted by Gasteiger charge is -2.18. The third-order valence-electron chi connectivity index (χ3n) is 3.01. The fraction of sp³-hybridized carbons (Fsp3) is 0.500. The Bertz CT molecular complexity index is 462. The quantitative estimate of drug-likeness (QED) is 0.841. The van der Waals surface area contributed by atoms with Crippen LogP contribution in [0.2, 0.25) is 5.02 Å². The lowest BCUT2D eigenvalue weighted by Crippen LogP contribution is -2.33. The Morgan fingerprint density at radius 3 is 2.30 bits per heavy atom. The van der Waals surface area contributed by atoms with E-state index in [4.69, 9.17) is 21.1 Å². The zero-order chi connectivity index (χ0) is 15.1. The summed E-state index contributed by atoms with van der Waals surface area (Å²) in [5, 5.41) is 3.25. The molecule has 0 unspecified atom stereocenters. The highest BCUT2D eigenvalue weighted by Gasteiger charge is 2.13. The van der Waals surface area contributed by atoms with E-state index in [9.17, 15) is 4.79 Å². The number of amides is 1. The molecule has 1 aromatic rings. The van der Waals surface area contributed by atoms with Crippen LogP contribution in [0, 0.1) is 0 Å². The highest BCUT2D eigenvalue weighted by molar-refractivity contribution is 6.32. The second kappa shape index (κ2) is 7.97. The first-order valence-electron chi connectivity index (χ1n) is 6.49. The van der Waals surface area contributed by atoms with Gasteiger partial charge in [-0.05, 0) is 13.1 Å². The third kappa shape index (κ3) is 4.28. The summed E-state index contributed by atoms with van der Waals surface area (Å²) in [5.41, 5.74) is 0.547. The average Bonchev–Trinajstić information content (AvgIpc) is 2.45. The summed E-state index contributed by atoms with van der Waals surface area (Å²) in [6.07, 6.45) is 0. The number of hydrogen-bond donors (Lipinski definition) is 1. The highest BCUT2D eigenvalue weighted by Crippen LogP contribution is 2.35. The van der Waals surface area contributed by atoms with E-state index >= 15 is 0 Å². The monoisotopic (exact) mass is 300 g/mol. The molecule has 1 rings (SSSR count). The lowest BCUT2D eigenvalue weighted by molar-refractivity contribution is -0.117. The fourth-order valence-electron chi connectivity index (χ4n) is 1.80. The van der Waals surface area contributed by atoms with Gasteiger partial charge in [0.1, 0.15) is 11.5 Å². The predicted octanol–water partition coefficient (Wildman–Crippen LogP) is 2.64. The molecule has 0 spiro atoms. The van der Waals surface area contributed by atoms with E-state index in [1.807, 2.05) is 18.7 Å². The van der Waals surface area contributed by atoms with Gasteiger partial charge in [-0.1, -0.05) is 25.4 Å². The second-order valence-corrected chi connectivity index (χ2v) is 4.60. The molecular weight excluding hydrogens is 280 g/mol. The molecule has 0 bridgehead atoms. The van der Waals surface area contributed by atoms with E-state index in [-0.39, 0.29) is 5.91 Å². The highest BCUT2D eigenvalue weighted by atomic mass is 35.5. The first kappa shape index (κ1) is 16.6. The molecule has 0 aliphatic heterocycles. The summed E-state index contributed by atoms with van der Waals surface area (Å²) in [7, 11) is 3.05. The molecule has 112 valence electrons. The van der Waals surface area contributed by atoms with Gasteiger partial charge < -0.3 is 14.8 Å². The number of anilines is 1. The normalized spacial score (nSPS) is 10.5. The van der Waals surface area contributed by atoms with E-state index in [0.29, 0.717) is 28.8 Å². The predicted molar refractivity (Wildman–Crippen MR) is 81.0 cm³/mol. The number of carbonyl (C=O) groups is 1. The first-order valence-corrected chi connectivity index (χ1v) is 6.87. The smallest absolute Gasteiger partial charge is 0.238 e. The molecule has 0 fully saturated rings. The number of likely N-dealkylation sites (N-methyl/N-ethyl adjacent to an activating group) is 1. The van der Waals surface area contributed by atoms with E-state index in [1.54, 1.807) is 12.1 Å². The number of ether oxygens (including phenoxy) is 2. The Morgan fingerprint density at radius 2 is 1.80 bits per heavy atom. The van der Waals surface area contributed by atoms with Crippen molar-refractivity contribution in [3.8, 4) is 11.5 Å². The van der Waals surface area contributed by atoms with Crippen molar-refractivity contribution < 1.29 is 14.3 Å². The van der Waals surface area contributed by atoms with Crippen LogP contribution in [0.5, 0.6) is 11.5 Å². The Morgan fingerprint density at radius 1 is 1.20 bits per heavy atom. The third-order valence-corrected chi connectivity index (χ3v) is 3.31. The van der Waals surface area contributed by atoms with Gasteiger partial charge in [-0.25, -0.2) is 0 Å². The van der Waals surface area contributed by atoms with Crippen LogP contribution in [-0.2, 0) is 4.79 Å². The van der Waals surface area contributed by atoms with Gasteiger partial charge in [0.05, 0.1) is 31.5 Å². The van der Waals surface area contributed by atoms with Gasteiger partial charge >= 0.3 is 0 Å². The number of hydrogen-bond acceptors (Lipinski definition) is 4. The van der Waals surface area contributed by atoms with Gasteiger partial charge in [0.25, 0.3) is 0 Å². The van der Waals surface area contributed by atoms with Crippen molar-refractivity contribution >= 4 is 23.2 Å². The van der Waals surface area contributed by atoms with Crippen LogP contribution < -0.4 is 14.8 Å². The number of nitrogens with zero attached hydrogens (tertiary/aromatic N) is 1. The SMILES string of the molecule is CCN(CC)CC(=O)Nc1cc(OC)c(Cl)cc1OC. The molecule has 0 saturated carbocycles. The summed E-state index contributed by atoms with van der Waals surface area (Å²) in [4.78, 5) is 14.0. The van der Waals surface area contributed by atoms with Gasteiger partial charge in [-0.2, -0.15) is 0 Å². The largest absolute Gasteiger partial charge is 0.495 e.